The standard InChI is InChI=1S/C28H38BNO6/c1-26(2,3)33-25(31)24(16-17-29-34-27(4,5)28(6,7)35-29)30-36-32-18-23-21-14-10-8-12-19(21)20-13-9-11-15-22(20)23/h8-15,23-24,30H,16-18H2,1-7H3. The van der Waals surface area contributed by atoms with E-state index < -0.39 is 35.9 Å². The molecule has 7 nitrogen and oxygen atoms in total. The number of hydroxylamine groups is 1. The van der Waals surface area contributed by atoms with Gasteiger partial charge in [0.2, 0.25) is 0 Å². The molecule has 1 N–H and O–H groups in total. The minimum atomic E-state index is -0.744. The molecule has 0 amide bonds. The molecule has 0 bridgehead atoms. The number of esters is 1. The van der Waals surface area contributed by atoms with Gasteiger partial charge in [0.15, 0.2) is 0 Å². The summed E-state index contributed by atoms with van der Waals surface area (Å²) in [5.74, 6) is -0.372. The van der Waals surface area contributed by atoms with Gasteiger partial charge in [-0.15, -0.1) is 4.99 Å². The van der Waals surface area contributed by atoms with Crippen molar-refractivity contribution in [1.29, 1.82) is 0 Å². The van der Waals surface area contributed by atoms with Crippen LogP contribution in [0.4, 0.5) is 0 Å². The molecule has 1 atom stereocenters. The van der Waals surface area contributed by atoms with Gasteiger partial charge in [-0.05, 0) is 83.5 Å². The molecule has 2 aromatic carbocycles. The van der Waals surface area contributed by atoms with E-state index in [0.717, 1.165) is 0 Å². The summed E-state index contributed by atoms with van der Waals surface area (Å²) in [6.07, 6.45) is 0.890. The molecular weight excluding hydrogens is 457 g/mol. The smallest absolute Gasteiger partial charge is 0.457 e. The normalized spacial score (nSPS) is 19.1. The monoisotopic (exact) mass is 495 g/mol. The summed E-state index contributed by atoms with van der Waals surface area (Å²) in [5.41, 5.74) is 6.11. The van der Waals surface area contributed by atoms with Crippen molar-refractivity contribution >= 4 is 13.1 Å². The van der Waals surface area contributed by atoms with Gasteiger partial charge >= 0.3 is 13.1 Å². The minimum absolute atomic E-state index is 0.0453. The molecule has 0 aromatic heterocycles. The van der Waals surface area contributed by atoms with Crippen molar-refractivity contribution < 1.29 is 28.7 Å². The number of fused-ring (bicyclic) bond motifs is 3. The summed E-state index contributed by atoms with van der Waals surface area (Å²) in [4.78, 5) is 23.9. The van der Waals surface area contributed by atoms with Crippen LogP contribution in [0.25, 0.3) is 11.1 Å². The van der Waals surface area contributed by atoms with Gasteiger partial charge in [0.05, 0.1) is 17.8 Å². The van der Waals surface area contributed by atoms with Crippen molar-refractivity contribution in [3.8, 4) is 11.1 Å². The lowest BCUT2D eigenvalue weighted by molar-refractivity contribution is -0.343. The summed E-state index contributed by atoms with van der Waals surface area (Å²) in [6.45, 7) is 13.8. The molecule has 1 heterocycles. The van der Waals surface area contributed by atoms with Crippen LogP contribution in [0.3, 0.4) is 0 Å². The lowest BCUT2D eigenvalue weighted by Gasteiger charge is -2.32. The number of hydrogen-bond donors (Lipinski definition) is 1. The molecule has 1 saturated heterocycles. The number of nitrogens with one attached hydrogen (secondary N) is 1. The molecule has 194 valence electrons. The third-order valence-corrected chi connectivity index (χ3v) is 7.13. The van der Waals surface area contributed by atoms with E-state index in [0.29, 0.717) is 19.3 Å². The van der Waals surface area contributed by atoms with Crippen LogP contribution in [0.15, 0.2) is 48.5 Å². The largest absolute Gasteiger partial charge is 0.459 e. The Morgan fingerprint density at radius 2 is 1.50 bits per heavy atom. The molecule has 36 heavy (non-hydrogen) atoms. The van der Waals surface area contributed by atoms with Crippen LogP contribution < -0.4 is 5.48 Å². The third kappa shape index (κ3) is 5.84. The number of rotatable bonds is 9. The molecule has 0 saturated carbocycles. The quantitative estimate of drug-likeness (QED) is 0.163. The van der Waals surface area contributed by atoms with Gasteiger partial charge in [-0.25, -0.2) is 4.89 Å². The number of carbonyl (C=O) groups is 1. The fourth-order valence-electron chi connectivity index (χ4n) is 4.62. The van der Waals surface area contributed by atoms with E-state index in [1.807, 2.05) is 72.7 Å². The van der Waals surface area contributed by atoms with Gasteiger partial charge in [-0.3, -0.25) is 4.79 Å². The highest BCUT2D eigenvalue weighted by molar-refractivity contribution is 6.45. The second kappa shape index (κ2) is 10.3. The topological polar surface area (TPSA) is 75.3 Å². The first-order valence-electron chi connectivity index (χ1n) is 12.7. The van der Waals surface area contributed by atoms with Crippen LogP contribution >= 0.6 is 0 Å². The van der Waals surface area contributed by atoms with Crippen molar-refractivity contribution in [1.82, 2.24) is 5.48 Å². The van der Waals surface area contributed by atoms with E-state index in [1.54, 1.807) is 0 Å². The average molecular weight is 495 g/mol. The van der Waals surface area contributed by atoms with E-state index in [4.69, 9.17) is 23.9 Å². The first-order chi connectivity index (χ1) is 16.9. The summed E-state index contributed by atoms with van der Waals surface area (Å²) in [5, 5.41) is 0. The average Bonchev–Trinajstić information content (AvgIpc) is 3.21. The molecule has 1 fully saturated rings. The Hall–Kier alpha value is -2.23. The molecule has 0 radical (unpaired) electrons. The summed E-state index contributed by atoms with van der Waals surface area (Å²) >= 11 is 0. The van der Waals surface area contributed by atoms with Gasteiger partial charge in [-0.1, -0.05) is 48.5 Å². The van der Waals surface area contributed by atoms with E-state index in [9.17, 15) is 4.79 Å². The fourth-order valence-corrected chi connectivity index (χ4v) is 4.62. The van der Waals surface area contributed by atoms with Crippen LogP contribution in [0.2, 0.25) is 6.32 Å². The molecule has 0 spiro atoms. The highest BCUT2D eigenvalue weighted by Gasteiger charge is 2.51. The van der Waals surface area contributed by atoms with E-state index in [2.05, 4.69) is 29.7 Å². The van der Waals surface area contributed by atoms with E-state index in [-0.39, 0.29) is 5.92 Å². The highest BCUT2D eigenvalue weighted by Crippen LogP contribution is 2.44. The van der Waals surface area contributed by atoms with Crippen LogP contribution in [-0.4, -0.2) is 42.5 Å². The molecule has 8 heteroatoms. The molecule has 1 aliphatic carbocycles. The number of ether oxygens (including phenoxy) is 1. The Balaban J connectivity index is 1.36. The SMILES string of the molecule is CC(C)(C)OC(=O)C(CCB1OC(C)(C)C(C)(C)O1)NOOCC1c2ccccc2-c2ccccc21. The zero-order valence-electron chi connectivity index (χ0n) is 22.4. The maximum Gasteiger partial charge on any atom is 0.457 e. The second-order valence-electron chi connectivity index (χ2n) is 11.6. The van der Waals surface area contributed by atoms with Crippen LogP contribution in [0.1, 0.15) is 71.9 Å². The number of carbonyl (C=O) groups excluding carboxylic acids is 1. The predicted octanol–water partition coefficient (Wildman–Crippen LogP) is 5.44. The third-order valence-electron chi connectivity index (χ3n) is 7.13. The van der Waals surface area contributed by atoms with Crippen molar-refractivity contribution in [3.63, 3.8) is 0 Å². The van der Waals surface area contributed by atoms with Crippen LogP contribution in [-0.2, 0) is 28.7 Å². The summed E-state index contributed by atoms with van der Waals surface area (Å²) in [7, 11) is -0.422. The van der Waals surface area contributed by atoms with E-state index in [1.165, 1.54) is 22.3 Å². The molecule has 4 rings (SSSR count). The number of benzene rings is 2. The fraction of sp³-hybridized carbons (Fsp3) is 0.536. The molecular formula is C28H38BNO6. The van der Waals surface area contributed by atoms with Gasteiger partial charge in [-0.2, -0.15) is 5.48 Å². The zero-order valence-corrected chi connectivity index (χ0v) is 22.4. The first kappa shape index (κ1) is 26.8. The Bertz CT molecular complexity index is 1020. The minimum Gasteiger partial charge on any atom is -0.459 e. The van der Waals surface area contributed by atoms with Crippen LogP contribution in [0.5, 0.6) is 0 Å². The van der Waals surface area contributed by atoms with Crippen molar-refractivity contribution in [2.45, 2.75) is 90.0 Å². The molecule has 2 aliphatic rings. The Morgan fingerprint density at radius 1 is 0.972 bits per heavy atom. The summed E-state index contributed by atoms with van der Waals surface area (Å²) in [6, 6.07) is 15.9. The second-order valence-corrected chi connectivity index (χ2v) is 11.6. The predicted molar refractivity (Wildman–Crippen MR) is 139 cm³/mol. The van der Waals surface area contributed by atoms with E-state index >= 15 is 0 Å². The summed E-state index contributed by atoms with van der Waals surface area (Å²) < 4.78 is 17.8. The lowest BCUT2D eigenvalue weighted by Crippen LogP contribution is -2.42. The highest BCUT2D eigenvalue weighted by atomic mass is 17.3. The zero-order chi connectivity index (χ0) is 26.1. The molecule has 1 aliphatic heterocycles. The Morgan fingerprint density at radius 3 is 2.03 bits per heavy atom. The Kier molecular flexibility index (Phi) is 7.65. The van der Waals surface area contributed by atoms with Crippen LogP contribution in [0, 0.1) is 0 Å². The maximum absolute atomic E-state index is 12.9. The lowest BCUT2D eigenvalue weighted by atomic mass is 9.81. The van der Waals surface area contributed by atoms with Gasteiger partial charge < -0.3 is 14.0 Å². The maximum atomic E-state index is 12.9. The van der Waals surface area contributed by atoms with Gasteiger partial charge in [0.1, 0.15) is 11.6 Å². The molecule has 1 unspecified atom stereocenters. The van der Waals surface area contributed by atoms with Crippen molar-refractivity contribution in [2.24, 2.45) is 0 Å². The van der Waals surface area contributed by atoms with Gasteiger partial charge in [0, 0.05) is 5.92 Å². The Labute approximate surface area is 214 Å². The molecule has 2 aromatic rings. The number of hydrogen-bond acceptors (Lipinski definition) is 7. The van der Waals surface area contributed by atoms with Crippen molar-refractivity contribution in [2.75, 3.05) is 6.61 Å². The van der Waals surface area contributed by atoms with Gasteiger partial charge in [0.25, 0.3) is 0 Å². The van der Waals surface area contributed by atoms with Crippen molar-refractivity contribution in [3.05, 3.63) is 59.7 Å². The first-order valence-corrected chi connectivity index (χ1v) is 12.7.